The van der Waals surface area contributed by atoms with Crippen LogP contribution in [-0.4, -0.2) is 69.5 Å². The van der Waals surface area contributed by atoms with Crippen LogP contribution in [0.1, 0.15) is 57.2 Å². The summed E-state index contributed by atoms with van der Waals surface area (Å²) in [7, 11) is 0. The molecule has 3 aliphatic rings. The van der Waals surface area contributed by atoms with Crippen molar-refractivity contribution in [1.82, 2.24) is 19.9 Å². The number of fused-ring (bicyclic) bond motifs is 3. The highest BCUT2D eigenvalue weighted by molar-refractivity contribution is 6.02. The van der Waals surface area contributed by atoms with Crippen LogP contribution in [0, 0.1) is 24.5 Å². The van der Waals surface area contributed by atoms with Crippen LogP contribution in [0.3, 0.4) is 0 Å². The Morgan fingerprint density at radius 3 is 2.70 bits per heavy atom. The van der Waals surface area contributed by atoms with E-state index >= 15 is 4.39 Å². The number of phenolic OH excluding ortho intramolecular Hbond substituents is 1. The average molecular weight is 606 g/mol. The van der Waals surface area contributed by atoms with E-state index in [0.29, 0.717) is 64.1 Å². The lowest BCUT2D eigenvalue weighted by Gasteiger charge is -2.33. The van der Waals surface area contributed by atoms with E-state index in [1.54, 1.807) is 19.1 Å². The Hall–Kier alpha value is -3.66. The predicted molar refractivity (Wildman–Crippen MR) is 165 cm³/mol. The first-order valence-corrected chi connectivity index (χ1v) is 15.8. The van der Waals surface area contributed by atoms with Crippen LogP contribution in [0.4, 0.5) is 19.0 Å². The summed E-state index contributed by atoms with van der Waals surface area (Å²) in [6, 6.07) is 5.97. The monoisotopic (exact) mass is 605 g/mol. The molecule has 0 spiro atoms. The number of piperidine rings is 1. The van der Waals surface area contributed by atoms with Crippen molar-refractivity contribution in [1.29, 1.82) is 0 Å². The first-order chi connectivity index (χ1) is 21.2. The van der Waals surface area contributed by atoms with Gasteiger partial charge in [-0.1, -0.05) is 19.9 Å². The number of ether oxygens (including phenoxy) is 1. The standard InChI is InChI=1S/C34H38F3N5O2/c1-4-24-26(36)9-8-21-13-23(43)14-25(28(21)24)30-29(37)31-27(20(3)38-30)32(41-11-5-7-19(2)16-41)40-33(39-31)44-18-34-10-6-12-42(34)17-22(35)15-34/h8-9,13-14,19,22,43H,4-7,10-12,15-18H2,1-3H3/t19?,22-,34+/m1/s1. The summed E-state index contributed by atoms with van der Waals surface area (Å²) >= 11 is 0. The molecule has 2 aromatic carbocycles. The van der Waals surface area contributed by atoms with Crippen molar-refractivity contribution in [2.75, 3.05) is 37.7 Å². The second-order valence-electron chi connectivity index (χ2n) is 12.9. The SMILES string of the molecule is CCc1c(F)ccc2cc(O)cc(-c3nc(C)c4c(N5CCCC(C)C5)nc(OC[C@@]56CCCN5C[C@H](F)C6)nc4c3F)c12. The third-order valence-electron chi connectivity index (χ3n) is 9.88. The maximum Gasteiger partial charge on any atom is 0.319 e. The molecule has 3 saturated heterocycles. The Bertz CT molecular complexity index is 1770. The summed E-state index contributed by atoms with van der Waals surface area (Å²) in [6.07, 6.45) is 3.77. The van der Waals surface area contributed by atoms with Crippen molar-refractivity contribution < 1.29 is 23.0 Å². The van der Waals surface area contributed by atoms with Gasteiger partial charge in [0.25, 0.3) is 0 Å². The van der Waals surface area contributed by atoms with Crippen LogP contribution in [0.2, 0.25) is 0 Å². The number of rotatable bonds is 6. The Balaban J connectivity index is 1.41. The lowest BCUT2D eigenvalue weighted by Crippen LogP contribution is -2.43. The number of anilines is 1. The largest absolute Gasteiger partial charge is 0.508 e. The molecule has 0 amide bonds. The van der Waals surface area contributed by atoms with E-state index in [1.807, 2.05) is 6.92 Å². The fourth-order valence-electron chi connectivity index (χ4n) is 7.84. The number of nitrogens with zero attached hydrogens (tertiary/aromatic N) is 5. The Kier molecular flexibility index (Phi) is 7.30. The summed E-state index contributed by atoms with van der Waals surface area (Å²) in [5.74, 6) is -0.149. The second-order valence-corrected chi connectivity index (χ2v) is 12.9. The number of aromatic nitrogens is 3. The fourth-order valence-corrected chi connectivity index (χ4v) is 7.84. The number of halogens is 3. The summed E-state index contributed by atoms with van der Waals surface area (Å²) in [5.41, 5.74) is 0.889. The zero-order valence-corrected chi connectivity index (χ0v) is 25.5. The molecule has 0 bridgehead atoms. The molecule has 232 valence electrons. The van der Waals surface area contributed by atoms with Crippen molar-refractivity contribution in [3.8, 4) is 23.0 Å². The molecule has 5 heterocycles. The second kappa shape index (κ2) is 11.1. The molecular formula is C34H38F3N5O2. The molecule has 0 radical (unpaired) electrons. The van der Waals surface area contributed by atoms with Crippen molar-refractivity contribution in [3.05, 3.63) is 47.2 Å². The normalized spacial score (nSPS) is 24.0. The van der Waals surface area contributed by atoms with Gasteiger partial charge in [-0.2, -0.15) is 9.97 Å². The van der Waals surface area contributed by atoms with Crippen molar-refractivity contribution in [2.24, 2.45) is 5.92 Å². The molecule has 1 unspecified atom stereocenters. The number of benzene rings is 2. The van der Waals surface area contributed by atoms with Gasteiger partial charge >= 0.3 is 6.01 Å². The molecule has 0 saturated carbocycles. The number of pyridine rings is 1. The molecule has 0 aliphatic carbocycles. The maximum absolute atomic E-state index is 16.9. The number of phenols is 1. The summed E-state index contributed by atoms with van der Waals surface area (Å²) < 4.78 is 52.6. The molecule has 1 N–H and O–H groups in total. The van der Waals surface area contributed by atoms with Crippen molar-refractivity contribution in [2.45, 2.75) is 71.0 Å². The van der Waals surface area contributed by atoms with Gasteiger partial charge in [0.2, 0.25) is 0 Å². The molecular weight excluding hydrogens is 567 g/mol. The van der Waals surface area contributed by atoms with Crippen LogP contribution in [0.25, 0.3) is 32.9 Å². The van der Waals surface area contributed by atoms with E-state index < -0.39 is 23.3 Å². The van der Waals surface area contributed by atoms with E-state index in [2.05, 4.69) is 21.7 Å². The minimum atomic E-state index is -0.898. The molecule has 3 atom stereocenters. The molecule has 4 aromatic rings. The van der Waals surface area contributed by atoms with Crippen LogP contribution >= 0.6 is 0 Å². The minimum absolute atomic E-state index is 0.0181. The number of hydrogen-bond donors (Lipinski definition) is 1. The van der Waals surface area contributed by atoms with Gasteiger partial charge in [0.05, 0.1) is 16.6 Å². The van der Waals surface area contributed by atoms with Crippen LogP contribution in [0.15, 0.2) is 24.3 Å². The quantitative estimate of drug-likeness (QED) is 0.257. The Morgan fingerprint density at radius 1 is 1.07 bits per heavy atom. The van der Waals surface area contributed by atoms with Gasteiger partial charge in [0.1, 0.15) is 41.4 Å². The Labute approximate surface area is 255 Å². The number of aromatic hydroxyl groups is 1. The van der Waals surface area contributed by atoms with Crippen LogP contribution in [-0.2, 0) is 6.42 Å². The minimum Gasteiger partial charge on any atom is -0.508 e. The molecule has 3 aliphatic heterocycles. The number of alkyl halides is 1. The van der Waals surface area contributed by atoms with Crippen LogP contribution in [0.5, 0.6) is 11.8 Å². The lowest BCUT2D eigenvalue weighted by molar-refractivity contribution is 0.107. The molecule has 2 aromatic heterocycles. The van der Waals surface area contributed by atoms with Gasteiger partial charge in [-0.3, -0.25) is 4.90 Å². The zero-order valence-electron chi connectivity index (χ0n) is 25.5. The first-order valence-electron chi connectivity index (χ1n) is 15.8. The highest BCUT2D eigenvalue weighted by atomic mass is 19.1. The highest BCUT2D eigenvalue weighted by Gasteiger charge is 2.49. The molecule has 7 nitrogen and oxygen atoms in total. The van der Waals surface area contributed by atoms with Crippen LogP contribution < -0.4 is 9.64 Å². The molecule has 3 fully saturated rings. The Morgan fingerprint density at radius 2 is 1.91 bits per heavy atom. The third-order valence-corrected chi connectivity index (χ3v) is 9.88. The fraction of sp³-hybridized carbons (Fsp3) is 0.500. The maximum atomic E-state index is 16.9. The van der Waals surface area contributed by atoms with E-state index in [9.17, 15) is 13.9 Å². The summed E-state index contributed by atoms with van der Waals surface area (Å²) in [4.78, 5) is 18.5. The topological polar surface area (TPSA) is 74.6 Å². The van der Waals surface area contributed by atoms with Gasteiger partial charge in [-0.25, -0.2) is 18.2 Å². The smallest absolute Gasteiger partial charge is 0.319 e. The van der Waals surface area contributed by atoms with Gasteiger partial charge in [0, 0.05) is 31.6 Å². The average Bonchev–Trinajstić information content (AvgIpc) is 3.53. The molecule has 10 heteroatoms. The van der Waals surface area contributed by atoms with Crippen molar-refractivity contribution >= 4 is 27.5 Å². The highest BCUT2D eigenvalue weighted by Crippen LogP contribution is 2.42. The van der Waals surface area contributed by atoms with E-state index in [4.69, 9.17) is 14.7 Å². The van der Waals surface area contributed by atoms with Gasteiger partial charge in [0.15, 0.2) is 5.82 Å². The van der Waals surface area contributed by atoms with Gasteiger partial charge in [-0.15, -0.1) is 0 Å². The molecule has 7 rings (SSSR count). The summed E-state index contributed by atoms with van der Waals surface area (Å²) in [5, 5.41) is 12.2. The first kappa shape index (κ1) is 29.1. The van der Waals surface area contributed by atoms with E-state index in [1.165, 1.54) is 12.1 Å². The van der Waals surface area contributed by atoms with E-state index in [0.717, 1.165) is 45.3 Å². The third kappa shape index (κ3) is 4.82. The predicted octanol–water partition coefficient (Wildman–Crippen LogP) is 6.89. The summed E-state index contributed by atoms with van der Waals surface area (Å²) in [6.45, 7) is 8.81. The van der Waals surface area contributed by atoms with E-state index in [-0.39, 0.29) is 29.6 Å². The lowest BCUT2D eigenvalue weighted by atomic mass is 9.94. The van der Waals surface area contributed by atoms with Gasteiger partial charge < -0.3 is 14.7 Å². The van der Waals surface area contributed by atoms with Crippen molar-refractivity contribution in [3.63, 3.8) is 0 Å². The zero-order chi connectivity index (χ0) is 30.7. The number of aryl methyl sites for hydroxylation is 2. The van der Waals surface area contributed by atoms with Gasteiger partial charge in [-0.05, 0) is 86.0 Å². The molecule has 44 heavy (non-hydrogen) atoms. The number of hydrogen-bond acceptors (Lipinski definition) is 7.